The zero-order chi connectivity index (χ0) is 19.6. The first-order valence-corrected chi connectivity index (χ1v) is 11.2. The summed E-state index contributed by atoms with van der Waals surface area (Å²) >= 11 is 0. The lowest BCUT2D eigenvalue weighted by Crippen LogP contribution is -2.66. The number of fused-ring (bicyclic) bond motifs is 4. The highest BCUT2D eigenvalue weighted by molar-refractivity contribution is 5.07. The largest absolute Gasteiger partial charge is 0.372 e. The second-order valence-corrected chi connectivity index (χ2v) is 10.3. The SMILES string of the molecule is CC1(C)OCC2OC3CC4OC5CCCCO[C@]5(C)C[C@]4(C)O[C@@H]3CC[C@@H]2O1. The lowest BCUT2D eigenvalue weighted by atomic mass is 9.74. The molecule has 0 saturated carbocycles. The highest BCUT2D eigenvalue weighted by Gasteiger charge is 2.58. The molecule has 5 saturated heterocycles. The zero-order valence-electron chi connectivity index (χ0n) is 17.8. The molecule has 4 unspecified atom stereocenters. The van der Waals surface area contributed by atoms with E-state index in [0.717, 1.165) is 45.1 Å². The maximum atomic E-state index is 6.75. The van der Waals surface area contributed by atoms with Crippen molar-refractivity contribution in [3.8, 4) is 0 Å². The topological polar surface area (TPSA) is 55.4 Å². The number of hydrogen-bond acceptors (Lipinski definition) is 6. The summed E-state index contributed by atoms with van der Waals surface area (Å²) < 4.78 is 38.2. The Labute approximate surface area is 168 Å². The number of ether oxygens (including phenoxy) is 6. The van der Waals surface area contributed by atoms with Crippen LogP contribution < -0.4 is 0 Å². The van der Waals surface area contributed by atoms with E-state index < -0.39 is 5.79 Å². The van der Waals surface area contributed by atoms with Crippen molar-refractivity contribution in [1.29, 1.82) is 0 Å². The lowest BCUT2D eigenvalue weighted by Gasteiger charge is -2.56. The van der Waals surface area contributed by atoms with Crippen molar-refractivity contribution >= 4 is 0 Å². The van der Waals surface area contributed by atoms with Gasteiger partial charge in [0.25, 0.3) is 0 Å². The third kappa shape index (κ3) is 3.44. The summed E-state index contributed by atoms with van der Waals surface area (Å²) in [5.74, 6) is -0.538. The Kier molecular flexibility index (Phi) is 4.85. The van der Waals surface area contributed by atoms with Gasteiger partial charge in [-0.05, 0) is 59.8 Å². The molecule has 0 radical (unpaired) electrons. The Balaban J connectivity index is 1.34. The van der Waals surface area contributed by atoms with E-state index in [1.165, 1.54) is 6.42 Å². The molecule has 6 nitrogen and oxygen atoms in total. The van der Waals surface area contributed by atoms with Crippen molar-refractivity contribution in [3.05, 3.63) is 0 Å². The monoisotopic (exact) mass is 396 g/mol. The summed E-state index contributed by atoms with van der Waals surface area (Å²) in [6, 6.07) is 0. The second kappa shape index (κ2) is 6.89. The van der Waals surface area contributed by atoms with Crippen molar-refractivity contribution < 1.29 is 28.4 Å². The van der Waals surface area contributed by atoms with Gasteiger partial charge in [0.1, 0.15) is 6.10 Å². The van der Waals surface area contributed by atoms with Crippen LogP contribution in [0.1, 0.15) is 72.6 Å². The minimum atomic E-state index is -0.538. The van der Waals surface area contributed by atoms with E-state index in [0.29, 0.717) is 6.61 Å². The van der Waals surface area contributed by atoms with E-state index >= 15 is 0 Å². The van der Waals surface area contributed by atoms with Crippen LogP contribution in [0, 0.1) is 0 Å². The smallest absolute Gasteiger partial charge is 0.163 e. The van der Waals surface area contributed by atoms with Crippen LogP contribution in [0.15, 0.2) is 0 Å². The molecule has 0 aromatic rings. The molecule has 0 spiro atoms. The quantitative estimate of drug-likeness (QED) is 0.626. The van der Waals surface area contributed by atoms with E-state index in [2.05, 4.69) is 13.8 Å². The predicted molar refractivity (Wildman–Crippen MR) is 102 cm³/mol. The minimum absolute atomic E-state index is 0.0222. The van der Waals surface area contributed by atoms with Gasteiger partial charge in [0, 0.05) is 19.4 Å². The van der Waals surface area contributed by atoms with Gasteiger partial charge in [-0.25, -0.2) is 0 Å². The first-order valence-electron chi connectivity index (χ1n) is 11.2. The maximum absolute atomic E-state index is 6.75. The average Bonchev–Trinajstić information content (AvgIpc) is 2.89. The maximum Gasteiger partial charge on any atom is 0.163 e. The van der Waals surface area contributed by atoms with Crippen LogP contribution in [0.3, 0.4) is 0 Å². The summed E-state index contributed by atoms with van der Waals surface area (Å²) in [5.41, 5.74) is -0.582. The van der Waals surface area contributed by atoms with Crippen molar-refractivity contribution in [2.75, 3.05) is 13.2 Å². The van der Waals surface area contributed by atoms with Crippen LogP contribution >= 0.6 is 0 Å². The van der Waals surface area contributed by atoms with Gasteiger partial charge in [0.05, 0.1) is 48.3 Å². The Morgan fingerprint density at radius 1 is 0.679 bits per heavy atom. The highest BCUT2D eigenvalue weighted by Crippen LogP contribution is 2.49. The summed E-state index contributed by atoms with van der Waals surface area (Å²) in [6.45, 7) is 9.79. The van der Waals surface area contributed by atoms with Gasteiger partial charge < -0.3 is 28.4 Å². The van der Waals surface area contributed by atoms with Gasteiger partial charge in [-0.1, -0.05) is 0 Å². The second-order valence-electron chi connectivity index (χ2n) is 10.3. The molecule has 0 aliphatic carbocycles. The molecule has 5 aliphatic heterocycles. The van der Waals surface area contributed by atoms with Crippen LogP contribution in [-0.2, 0) is 28.4 Å². The van der Waals surface area contributed by atoms with E-state index in [-0.39, 0.29) is 47.8 Å². The number of rotatable bonds is 0. The van der Waals surface area contributed by atoms with Crippen LogP contribution in [0.5, 0.6) is 0 Å². The Morgan fingerprint density at radius 2 is 1.46 bits per heavy atom. The summed E-state index contributed by atoms with van der Waals surface area (Å²) in [7, 11) is 0. The summed E-state index contributed by atoms with van der Waals surface area (Å²) in [5, 5.41) is 0. The molecule has 5 rings (SSSR count). The first-order chi connectivity index (χ1) is 13.3. The molecule has 5 fully saturated rings. The van der Waals surface area contributed by atoms with Gasteiger partial charge in [0.15, 0.2) is 5.79 Å². The predicted octanol–water partition coefficient (Wildman–Crippen LogP) is 3.35. The van der Waals surface area contributed by atoms with Crippen molar-refractivity contribution in [3.63, 3.8) is 0 Å². The Hall–Kier alpha value is -0.240. The van der Waals surface area contributed by atoms with Crippen molar-refractivity contribution in [2.45, 2.75) is 126 Å². The molecule has 0 bridgehead atoms. The van der Waals surface area contributed by atoms with Gasteiger partial charge >= 0.3 is 0 Å². The fourth-order valence-electron chi connectivity index (χ4n) is 6.05. The van der Waals surface area contributed by atoms with Crippen molar-refractivity contribution in [2.24, 2.45) is 0 Å². The summed E-state index contributed by atoms with van der Waals surface area (Å²) in [4.78, 5) is 0. The molecule has 6 heteroatoms. The Bertz CT molecular complexity index is 596. The van der Waals surface area contributed by atoms with Gasteiger partial charge in [-0.3, -0.25) is 0 Å². The molecular formula is C22H36O6. The molecule has 28 heavy (non-hydrogen) atoms. The lowest BCUT2D eigenvalue weighted by molar-refractivity contribution is -0.332. The molecule has 0 amide bonds. The van der Waals surface area contributed by atoms with Crippen LogP contribution in [0.4, 0.5) is 0 Å². The van der Waals surface area contributed by atoms with Crippen LogP contribution in [-0.4, -0.2) is 66.8 Å². The molecule has 5 heterocycles. The van der Waals surface area contributed by atoms with E-state index in [1.54, 1.807) is 0 Å². The van der Waals surface area contributed by atoms with Crippen LogP contribution in [0.2, 0.25) is 0 Å². The highest BCUT2D eigenvalue weighted by atomic mass is 16.7. The standard InChI is InChI=1S/C22H36O6/c1-20(2)24-12-17-15(27-20)9-8-14-16(25-17)11-19-22(4,28-14)13-21(3)18(26-19)7-5-6-10-23-21/h14-19H,5-13H2,1-4H3/t14-,15+,16?,17?,18?,19?,21-,22+/m1/s1. The zero-order valence-corrected chi connectivity index (χ0v) is 17.8. The minimum Gasteiger partial charge on any atom is -0.372 e. The number of hydrogen-bond donors (Lipinski definition) is 0. The van der Waals surface area contributed by atoms with Crippen LogP contribution in [0.25, 0.3) is 0 Å². The molecule has 8 atom stereocenters. The first kappa shape index (κ1) is 19.7. The molecule has 5 aliphatic rings. The molecule has 0 aromatic heterocycles. The Morgan fingerprint density at radius 3 is 2.29 bits per heavy atom. The van der Waals surface area contributed by atoms with E-state index in [1.807, 2.05) is 13.8 Å². The van der Waals surface area contributed by atoms with Gasteiger partial charge in [-0.2, -0.15) is 0 Å². The molecular weight excluding hydrogens is 360 g/mol. The molecule has 0 aromatic carbocycles. The van der Waals surface area contributed by atoms with Gasteiger partial charge in [0.2, 0.25) is 0 Å². The van der Waals surface area contributed by atoms with E-state index in [9.17, 15) is 0 Å². The molecule has 160 valence electrons. The fourth-order valence-corrected chi connectivity index (χ4v) is 6.05. The average molecular weight is 397 g/mol. The van der Waals surface area contributed by atoms with Gasteiger partial charge in [-0.15, -0.1) is 0 Å². The molecule has 0 N–H and O–H groups in total. The fraction of sp³-hybridized carbons (Fsp3) is 1.00. The van der Waals surface area contributed by atoms with E-state index in [4.69, 9.17) is 28.4 Å². The summed E-state index contributed by atoms with van der Waals surface area (Å²) in [6.07, 6.45) is 7.37. The third-order valence-corrected chi connectivity index (χ3v) is 7.50. The third-order valence-electron chi connectivity index (χ3n) is 7.50. The normalized spacial score (nSPS) is 53.6. The van der Waals surface area contributed by atoms with Crippen molar-refractivity contribution in [1.82, 2.24) is 0 Å².